The standard InChI is InChI=1S/C16H36P.BrH.K.H/c1-5-9-13-17(14-10-6-2,15-11-7-3)16-12-8-4;;;/h5-16H2,1-4H3;1H;;/q+1;;+1;-1. The largest absolute Gasteiger partial charge is 1.00 e. The predicted molar refractivity (Wildman–Crippen MR) is 97.5 cm³/mol. The Hall–Kier alpha value is 2.55. The Balaban J connectivity index is -0.000000427. The van der Waals surface area contributed by atoms with Crippen LogP contribution >= 0.6 is 24.2 Å². The van der Waals surface area contributed by atoms with Crippen molar-refractivity contribution < 1.29 is 52.8 Å². The van der Waals surface area contributed by atoms with Gasteiger partial charge in [0.1, 0.15) is 0 Å². The van der Waals surface area contributed by atoms with Crippen molar-refractivity contribution in [3.05, 3.63) is 0 Å². The summed E-state index contributed by atoms with van der Waals surface area (Å²) in [6, 6.07) is 0. The van der Waals surface area contributed by atoms with Crippen LogP contribution in [0.25, 0.3) is 0 Å². The maximum absolute atomic E-state index is 2.36. The van der Waals surface area contributed by atoms with Crippen LogP contribution in [0.5, 0.6) is 0 Å². The average molecular weight is 380 g/mol. The summed E-state index contributed by atoms with van der Waals surface area (Å²) in [7, 11) is -0.562. The molecule has 114 valence electrons. The third-order valence-electron chi connectivity index (χ3n) is 3.94. The van der Waals surface area contributed by atoms with Gasteiger partial charge in [0.15, 0.2) is 0 Å². The molecule has 0 saturated carbocycles. The molecule has 0 heterocycles. The first kappa shape index (κ1) is 26.4. The summed E-state index contributed by atoms with van der Waals surface area (Å²) in [5, 5.41) is 0. The number of hydrogen-bond acceptors (Lipinski definition) is 0. The van der Waals surface area contributed by atoms with E-state index in [1.807, 2.05) is 0 Å². The summed E-state index contributed by atoms with van der Waals surface area (Å²) in [6.07, 6.45) is 17.9. The van der Waals surface area contributed by atoms with Crippen LogP contribution in [0, 0.1) is 0 Å². The van der Waals surface area contributed by atoms with E-state index >= 15 is 0 Å². The monoisotopic (exact) mass is 379 g/mol. The van der Waals surface area contributed by atoms with Gasteiger partial charge in [-0.05, 0) is 25.7 Å². The van der Waals surface area contributed by atoms with Crippen molar-refractivity contribution in [2.45, 2.75) is 79.1 Å². The molecule has 0 spiro atoms. The molecule has 0 amide bonds. The minimum atomic E-state index is -0.562. The fourth-order valence-corrected chi connectivity index (χ4v) is 7.93. The zero-order valence-electron chi connectivity index (χ0n) is 15.3. The van der Waals surface area contributed by atoms with E-state index in [2.05, 4.69) is 27.7 Å². The van der Waals surface area contributed by atoms with Crippen LogP contribution in [0.1, 0.15) is 80.5 Å². The topological polar surface area (TPSA) is 0 Å². The van der Waals surface area contributed by atoms with E-state index in [1.54, 1.807) is 24.6 Å². The molecule has 0 saturated heterocycles. The molecule has 19 heavy (non-hydrogen) atoms. The average Bonchev–Trinajstić information content (AvgIpc) is 2.37. The van der Waals surface area contributed by atoms with Gasteiger partial charge in [0.25, 0.3) is 0 Å². The van der Waals surface area contributed by atoms with Gasteiger partial charge >= 0.3 is 51.4 Å². The molecule has 0 unspecified atom stereocenters. The van der Waals surface area contributed by atoms with E-state index in [4.69, 9.17) is 0 Å². The molecule has 0 fully saturated rings. The molecule has 0 nitrogen and oxygen atoms in total. The minimum absolute atomic E-state index is 0. The third-order valence-corrected chi connectivity index (χ3v) is 9.00. The molecular weight excluding hydrogens is 342 g/mol. The third kappa shape index (κ3) is 13.9. The second kappa shape index (κ2) is 18.6. The van der Waals surface area contributed by atoms with Gasteiger partial charge in [0.2, 0.25) is 0 Å². The number of unbranched alkanes of at least 4 members (excludes halogenated alkanes) is 4. The molecule has 0 aliphatic heterocycles. The first-order chi connectivity index (χ1) is 8.24. The zero-order chi connectivity index (χ0) is 13.0. The first-order valence-electron chi connectivity index (χ1n) is 8.09. The van der Waals surface area contributed by atoms with Gasteiger partial charge in [-0.1, -0.05) is 53.4 Å². The van der Waals surface area contributed by atoms with Crippen LogP contribution in [0.2, 0.25) is 0 Å². The van der Waals surface area contributed by atoms with Gasteiger partial charge in [-0.3, -0.25) is 0 Å². The first-order valence-corrected chi connectivity index (χ1v) is 10.6. The van der Waals surface area contributed by atoms with Crippen LogP contribution in [-0.2, 0) is 0 Å². The van der Waals surface area contributed by atoms with Crippen LogP contribution < -0.4 is 51.4 Å². The fourth-order valence-electron chi connectivity index (χ4n) is 2.64. The second-order valence-electron chi connectivity index (χ2n) is 5.65. The van der Waals surface area contributed by atoms with Crippen molar-refractivity contribution in [2.75, 3.05) is 24.6 Å². The molecule has 0 atom stereocenters. The van der Waals surface area contributed by atoms with Crippen molar-refractivity contribution in [3.63, 3.8) is 0 Å². The van der Waals surface area contributed by atoms with E-state index in [0.29, 0.717) is 0 Å². The Morgan fingerprint density at radius 2 is 0.789 bits per heavy atom. The summed E-state index contributed by atoms with van der Waals surface area (Å²) >= 11 is 0. The second-order valence-corrected chi connectivity index (χ2v) is 10.1. The van der Waals surface area contributed by atoms with Crippen molar-refractivity contribution in [1.82, 2.24) is 0 Å². The molecule has 0 aromatic heterocycles. The maximum Gasteiger partial charge on any atom is 1.00 e. The minimum Gasteiger partial charge on any atom is -1.00 e. The maximum atomic E-state index is 2.36. The Bertz CT molecular complexity index is 133. The van der Waals surface area contributed by atoms with E-state index in [-0.39, 0.29) is 69.8 Å². The summed E-state index contributed by atoms with van der Waals surface area (Å²) in [6.45, 7) is 9.42. The molecule has 0 aromatic rings. The van der Waals surface area contributed by atoms with Crippen LogP contribution in [0.15, 0.2) is 0 Å². The van der Waals surface area contributed by atoms with Gasteiger partial charge in [0, 0.05) is 7.26 Å². The van der Waals surface area contributed by atoms with Gasteiger partial charge in [-0.2, -0.15) is 0 Å². The number of halogens is 1. The van der Waals surface area contributed by atoms with Crippen molar-refractivity contribution in [3.8, 4) is 0 Å². The molecule has 0 N–H and O–H groups in total. The van der Waals surface area contributed by atoms with E-state index in [9.17, 15) is 0 Å². The normalized spacial score (nSPS) is 10.7. The zero-order valence-corrected chi connectivity index (χ0v) is 20.1. The van der Waals surface area contributed by atoms with Crippen LogP contribution in [0.3, 0.4) is 0 Å². The molecule has 0 aliphatic rings. The van der Waals surface area contributed by atoms with Crippen molar-refractivity contribution >= 4 is 24.2 Å². The van der Waals surface area contributed by atoms with Gasteiger partial charge in [0.05, 0.1) is 24.6 Å². The quantitative estimate of drug-likeness (QED) is 0.356. The number of hydrogen-bond donors (Lipinski definition) is 0. The Kier molecular flexibility index (Phi) is 25.9. The van der Waals surface area contributed by atoms with Crippen LogP contribution in [-0.4, -0.2) is 24.6 Å². The Morgan fingerprint density at radius 1 is 0.579 bits per heavy atom. The van der Waals surface area contributed by atoms with Gasteiger partial charge in [-0.15, -0.1) is 17.0 Å². The molecule has 0 radical (unpaired) electrons. The Labute approximate surface area is 178 Å². The smallest absolute Gasteiger partial charge is 1.00 e. The number of rotatable bonds is 12. The van der Waals surface area contributed by atoms with E-state index in [0.717, 1.165) is 0 Å². The summed E-state index contributed by atoms with van der Waals surface area (Å²) in [4.78, 5) is 0. The summed E-state index contributed by atoms with van der Waals surface area (Å²) in [5.74, 6) is 0. The SMILES string of the molecule is Br.CCCC[P+](CCCC)(CCCC)CCCC.[H-].[K+]. The van der Waals surface area contributed by atoms with Crippen LogP contribution in [0.4, 0.5) is 0 Å². The molecular formula is C16H38BrKP+. The van der Waals surface area contributed by atoms with E-state index < -0.39 is 7.26 Å². The summed E-state index contributed by atoms with van der Waals surface area (Å²) in [5.41, 5.74) is 0. The van der Waals surface area contributed by atoms with E-state index in [1.165, 1.54) is 51.4 Å². The molecule has 0 aliphatic carbocycles. The van der Waals surface area contributed by atoms with Gasteiger partial charge in [-0.25, -0.2) is 0 Å². The fraction of sp³-hybridized carbons (Fsp3) is 1.00. The van der Waals surface area contributed by atoms with Crippen molar-refractivity contribution in [2.24, 2.45) is 0 Å². The predicted octanol–water partition coefficient (Wildman–Crippen LogP) is 3.90. The summed E-state index contributed by atoms with van der Waals surface area (Å²) < 4.78 is 0. The van der Waals surface area contributed by atoms with Gasteiger partial charge < -0.3 is 1.43 Å². The Morgan fingerprint density at radius 3 is 0.947 bits per heavy atom. The molecule has 0 aromatic carbocycles. The van der Waals surface area contributed by atoms with Crippen molar-refractivity contribution in [1.29, 1.82) is 0 Å². The molecule has 3 heteroatoms. The molecule has 0 rings (SSSR count). The molecule has 0 bridgehead atoms.